The van der Waals surface area contributed by atoms with E-state index in [9.17, 15) is 0 Å². The molecule has 2 aliphatic rings. The summed E-state index contributed by atoms with van der Waals surface area (Å²) in [6, 6.07) is 3.98. The molecule has 1 fully saturated rings. The molecule has 2 heterocycles. The molecular weight excluding hydrogens is 541 g/mol. The van der Waals surface area contributed by atoms with Gasteiger partial charge in [-0.15, -0.1) is 24.0 Å². The van der Waals surface area contributed by atoms with E-state index in [-0.39, 0.29) is 36.9 Å². The third-order valence-corrected chi connectivity index (χ3v) is 4.93. The van der Waals surface area contributed by atoms with E-state index in [4.69, 9.17) is 18.9 Å². The Hall–Kier alpha value is -0.780. The van der Waals surface area contributed by atoms with E-state index >= 15 is 0 Å². The lowest BCUT2D eigenvalue weighted by atomic mass is 10.2. The molecule has 1 unspecified atom stereocenters. The van der Waals surface area contributed by atoms with Crippen molar-refractivity contribution in [1.82, 2.24) is 10.6 Å². The van der Waals surface area contributed by atoms with E-state index in [1.54, 1.807) is 0 Å². The first-order valence-electron chi connectivity index (χ1n) is 9.56. The number of benzene rings is 1. The Bertz CT molecular complexity index is 642. The van der Waals surface area contributed by atoms with Crippen LogP contribution >= 0.6 is 39.9 Å². The SMILES string of the molecule is CCNC(=NCc1cc(Br)c2c(c1)OCO2)NCCCOCC1CCCO1.I. The Balaban J connectivity index is 0.00000280. The Morgan fingerprint density at radius 1 is 1.32 bits per heavy atom. The predicted octanol–water partition coefficient (Wildman–Crippen LogP) is 3.44. The summed E-state index contributed by atoms with van der Waals surface area (Å²) in [6.07, 6.45) is 3.48. The second-order valence-electron chi connectivity index (χ2n) is 6.50. The summed E-state index contributed by atoms with van der Waals surface area (Å²) >= 11 is 3.52. The molecule has 0 bridgehead atoms. The van der Waals surface area contributed by atoms with Crippen molar-refractivity contribution >= 4 is 45.9 Å². The molecular formula is C19H29BrIN3O4. The van der Waals surface area contributed by atoms with Crippen LogP contribution in [0, 0.1) is 0 Å². The fourth-order valence-electron chi connectivity index (χ4n) is 3.00. The second kappa shape index (κ2) is 12.7. The average Bonchev–Trinajstić information content (AvgIpc) is 3.34. The van der Waals surface area contributed by atoms with Gasteiger partial charge in [0, 0.05) is 26.3 Å². The Morgan fingerprint density at radius 3 is 3.00 bits per heavy atom. The van der Waals surface area contributed by atoms with Gasteiger partial charge in [-0.3, -0.25) is 0 Å². The van der Waals surface area contributed by atoms with Gasteiger partial charge < -0.3 is 29.6 Å². The highest BCUT2D eigenvalue weighted by Gasteiger charge is 2.18. The van der Waals surface area contributed by atoms with Crippen molar-refractivity contribution in [2.45, 2.75) is 38.8 Å². The molecule has 0 aromatic heterocycles. The lowest BCUT2D eigenvalue weighted by Gasteiger charge is -2.13. The molecule has 1 aromatic carbocycles. The number of hydrogen-bond donors (Lipinski definition) is 2. The molecule has 0 aliphatic carbocycles. The van der Waals surface area contributed by atoms with Crippen molar-refractivity contribution in [3.8, 4) is 11.5 Å². The molecule has 1 atom stereocenters. The third kappa shape index (κ3) is 7.23. The minimum Gasteiger partial charge on any atom is -0.454 e. The second-order valence-corrected chi connectivity index (χ2v) is 7.35. The Kier molecular flexibility index (Phi) is 10.7. The summed E-state index contributed by atoms with van der Waals surface area (Å²) in [5.41, 5.74) is 1.06. The summed E-state index contributed by atoms with van der Waals surface area (Å²) in [5, 5.41) is 6.61. The van der Waals surface area contributed by atoms with Gasteiger partial charge in [0.2, 0.25) is 6.79 Å². The minimum atomic E-state index is 0. The van der Waals surface area contributed by atoms with Crippen molar-refractivity contribution in [3.63, 3.8) is 0 Å². The lowest BCUT2D eigenvalue weighted by molar-refractivity contribution is 0.0168. The van der Waals surface area contributed by atoms with Crippen LogP contribution in [0.2, 0.25) is 0 Å². The quantitative estimate of drug-likeness (QED) is 0.205. The van der Waals surface area contributed by atoms with Gasteiger partial charge in [0.05, 0.1) is 23.7 Å². The smallest absolute Gasteiger partial charge is 0.231 e. The van der Waals surface area contributed by atoms with Gasteiger partial charge in [-0.05, 0) is 59.8 Å². The number of rotatable bonds is 9. The molecule has 28 heavy (non-hydrogen) atoms. The number of halogens is 2. The highest BCUT2D eigenvalue weighted by atomic mass is 127. The highest BCUT2D eigenvalue weighted by molar-refractivity contribution is 14.0. The van der Waals surface area contributed by atoms with Crippen molar-refractivity contribution in [3.05, 3.63) is 22.2 Å². The van der Waals surface area contributed by atoms with Crippen LogP contribution in [0.3, 0.4) is 0 Å². The first kappa shape index (κ1) is 23.5. The fraction of sp³-hybridized carbons (Fsp3) is 0.632. The molecule has 2 aliphatic heterocycles. The van der Waals surface area contributed by atoms with Gasteiger partial charge in [0.15, 0.2) is 17.5 Å². The third-order valence-electron chi connectivity index (χ3n) is 4.34. The zero-order valence-corrected chi connectivity index (χ0v) is 20.1. The number of fused-ring (bicyclic) bond motifs is 1. The van der Waals surface area contributed by atoms with Gasteiger partial charge in [0.25, 0.3) is 0 Å². The maximum Gasteiger partial charge on any atom is 0.231 e. The highest BCUT2D eigenvalue weighted by Crippen LogP contribution is 2.40. The normalized spacial score (nSPS) is 18.1. The number of guanidine groups is 1. The number of aliphatic imine (C=N–C) groups is 1. The maximum atomic E-state index is 5.69. The number of nitrogens with one attached hydrogen (secondary N) is 2. The summed E-state index contributed by atoms with van der Waals surface area (Å²) < 4.78 is 23.0. The predicted molar refractivity (Wildman–Crippen MR) is 123 cm³/mol. The minimum absolute atomic E-state index is 0. The molecule has 0 saturated carbocycles. The topological polar surface area (TPSA) is 73.3 Å². The summed E-state index contributed by atoms with van der Waals surface area (Å²) in [7, 11) is 0. The van der Waals surface area contributed by atoms with Crippen molar-refractivity contribution in [2.24, 2.45) is 4.99 Å². The largest absolute Gasteiger partial charge is 0.454 e. The zero-order chi connectivity index (χ0) is 18.9. The molecule has 7 nitrogen and oxygen atoms in total. The van der Waals surface area contributed by atoms with Gasteiger partial charge >= 0.3 is 0 Å². The van der Waals surface area contributed by atoms with Crippen LogP contribution in [0.1, 0.15) is 31.7 Å². The van der Waals surface area contributed by atoms with Crippen LogP contribution < -0.4 is 20.1 Å². The summed E-state index contributed by atoms with van der Waals surface area (Å²) in [5.74, 6) is 2.32. The molecule has 158 valence electrons. The summed E-state index contributed by atoms with van der Waals surface area (Å²) in [4.78, 5) is 4.65. The number of ether oxygens (including phenoxy) is 4. The Morgan fingerprint density at radius 2 is 2.21 bits per heavy atom. The van der Waals surface area contributed by atoms with Gasteiger partial charge in [-0.2, -0.15) is 0 Å². The first-order valence-corrected chi connectivity index (χ1v) is 10.3. The molecule has 3 rings (SSSR count). The fourth-order valence-corrected chi connectivity index (χ4v) is 3.60. The first-order chi connectivity index (χ1) is 13.3. The van der Waals surface area contributed by atoms with Gasteiger partial charge in [-0.1, -0.05) is 0 Å². The van der Waals surface area contributed by atoms with E-state index < -0.39 is 0 Å². The molecule has 2 N–H and O–H groups in total. The molecule has 1 saturated heterocycles. The van der Waals surface area contributed by atoms with Gasteiger partial charge in [0.1, 0.15) is 0 Å². The standard InChI is InChI=1S/C19H28BrN3O4.HI/c1-2-21-19(22-6-4-7-24-12-15-5-3-8-25-15)23-11-14-9-16(20)18-17(10-14)26-13-27-18;/h9-10,15H,2-8,11-13H2,1H3,(H2,21,22,23);1H. The lowest BCUT2D eigenvalue weighted by Crippen LogP contribution is -2.38. The van der Waals surface area contributed by atoms with Crippen LogP contribution in [0.25, 0.3) is 0 Å². The van der Waals surface area contributed by atoms with E-state index in [0.29, 0.717) is 13.2 Å². The Labute approximate surface area is 192 Å². The van der Waals surface area contributed by atoms with Crippen molar-refractivity contribution in [2.75, 3.05) is 39.7 Å². The van der Waals surface area contributed by atoms with Crippen LogP contribution in [-0.4, -0.2) is 51.8 Å². The van der Waals surface area contributed by atoms with Crippen LogP contribution in [0.5, 0.6) is 11.5 Å². The van der Waals surface area contributed by atoms with Gasteiger partial charge in [-0.25, -0.2) is 4.99 Å². The van der Waals surface area contributed by atoms with Crippen LogP contribution in [-0.2, 0) is 16.0 Å². The molecule has 9 heteroatoms. The van der Waals surface area contributed by atoms with Crippen molar-refractivity contribution in [1.29, 1.82) is 0 Å². The van der Waals surface area contributed by atoms with E-state index in [1.165, 1.54) is 0 Å². The number of hydrogen-bond acceptors (Lipinski definition) is 5. The molecule has 0 spiro atoms. The molecule has 0 radical (unpaired) electrons. The van der Waals surface area contributed by atoms with Crippen LogP contribution in [0.15, 0.2) is 21.6 Å². The zero-order valence-electron chi connectivity index (χ0n) is 16.2. The molecule has 1 aromatic rings. The molecule has 0 amide bonds. The monoisotopic (exact) mass is 569 g/mol. The summed E-state index contributed by atoms with van der Waals surface area (Å²) in [6.45, 7) is 6.79. The van der Waals surface area contributed by atoms with Crippen LogP contribution in [0.4, 0.5) is 0 Å². The van der Waals surface area contributed by atoms with E-state index in [1.807, 2.05) is 12.1 Å². The number of nitrogens with zero attached hydrogens (tertiary/aromatic N) is 1. The average molecular weight is 570 g/mol. The van der Waals surface area contributed by atoms with Crippen molar-refractivity contribution < 1.29 is 18.9 Å². The maximum absolute atomic E-state index is 5.69. The van der Waals surface area contributed by atoms with E-state index in [0.717, 1.165) is 73.1 Å². The van der Waals surface area contributed by atoms with E-state index in [2.05, 4.69) is 38.5 Å².